The molecule has 8 heteroatoms. The van der Waals surface area contributed by atoms with E-state index in [0.717, 1.165) is 38.7 Å². The summed E-state index contributed by atoms with van der Waals surface area (Å²) in [6, 6.07) is 7.43. The molecule has 2 bridgehead atoms. The molecule has 0 radical (unpaired) electrons. The van der Waals surface area contributed by atoms with Crippen molar-refractivity contribution in [3.8, 4) is 0 Å². The van der Waals surface area contributed by atoms with Gasteiger partial charge in [0, 0.05) is 12.6 Å². The predicted molar refractivity (Wildman–Crippen MR) is 103 cm³/mol. The monoisotopic (exact) mass is 399 g/mol. The topological polar surface area (TPSA) is 83.0 Å². The number of halogens is 1. The van der Waals surface area contributed by atoms with Gasteiger partial charge in [0.1, 0.15) is 11.9 Å². The van der Waals surface area contributed by atoms with Gasteiger partial charge in [-0.1, -0.05) is 12.1 Å². The Kier molecular flexibility index (Phi) is 5.44. The van der Waals surface area contributed by atoms with E-state index in [-0.39, 0.29) is 18.2 Å². The first-order valence-electron chi connectivity index (χ1n) is 9.63. The summed E-state index contributed by atoms with van der Waals surface area (Å²) in [6.07, 6.45) is 3.77. The maximum Gasteiger partial charge on any atom is 0.414 e. The number of aromatic nitrogens is 1. The molecule has 29 heavy (non-hydrogen) atoms. The number of nitrogens with zero attached hydrogens (tertiary/aromatic N) is 3. The molecule has 1 amide bonds. The van der Waals surface area contributed by atoms with Crippen LogP contribution >= 0.6 is 0 Å². The van der Waals surface area contributed by atoms with E-state index in [1.165, 1.54) is 29.3 Å². The number of hydrogen-bond acceptors (Lipinski definition) is 5. The molecule has 1 atom stereocenters. The van der Waals surface area contributed by atoms with Gasteiger partial charge in [0.2, 0.25) is 0 Å². The molecule has 0 spiro atoms. The van der Waals surface area contributed by atoms with Crippen LogP contribution in [0.3, 0.4) is 0 Å². The summed E-state index contributed by atoms with van der Waals surface area (Å²) in [4.78, 5) is 31.5. The third-order valence-electron chi connectivity index (χ3n) is 5.61. The van der Waals surface area contributed by atoms with Crippen LogP contribution in [-0.4, -0.2) is 52.8 Å². The first-order chi connectivity index (χ1) is 14.0. The Morgan fingerprint density at radius 2 is 1.93 bits per heavy atom. The zero-order valence-corrected chi connectivity index (χ0v) is 15.8. The number of anilines is 1. The van der Waals surface area contributed by atoms with Crippen LogP contribution in [0.15, 0.2) is 42.7 Å². The molecule has 3 fully saturated rings. The smallest absolute Gasteiger partial charge is 0.414 e. The molecule has 3 saturated heterocycles. The van der Waals surface area contributed by atoms with E-state index in [4.69, 9.17) is 9.84 Å². The van der Waals surface area contributed by atoms with Gasteiger partial charge >= 0.3 is 12.1 Å². The number of carbonyl (C=O) groups excluding carboxylic acids is 1. The highest BCUT2D eigenvalue weighted by Gasteiger charge is 2.37. The lowest BCUT2D eigenvalue weighted by atomic mass is 9.86. The van der Waals surface area contributed by atoms with Crippen LogP contribution in [0, 0.1) is 11.7 Å². The average molecular weight is 399 g/mol. The van der Waals surface area contributed by atoms with E-state index in [1.54, 1.807) is 12.1 Å². The minimum atomic E-state index is -1.02. The van der Waals surface area contributed by atoms with E-state index in [9.17, 15) is 14.0 Å². The highest BCUT2D eigenvalue weighted by Crippen LogP contribution is 2.30. The largest absolute Gasteiger partial charge is 0.478 e. The number of benzene rings is 1. The maximum absolute atomic E-state index is 13.7. The maximum atomic E-state index is 13.7. The average Bonchev–Trinajstić information content (AvgIpc) is 2.73. The fourth-order valence-electron chi connectivity index (χ4n) is 3.98. The van der Waals surface area contributed by atoms with Crippen LogP contribution in [0.25, 0.3) is 0 Å². The summed E-state index contributed by atoms with van der Waals surface area (Å²) in [5, 5.41) is 9.05. The Balaban J connectivity index is 1.54. The number of piperidine rings is 3. The van der Waals surface area contributed by atoms with Crippen LogP contribution in [0.1, 0.15) is 28.8 Å². The molecule has 3 aliphatic heterocycles. The predicted octanol–water partition coefficient (Wildman–Crippen LogP) is 3.16. The van der Waals surface area contributed by atoms with Crippen LogP contribution in [0.5, 0.6) is 0 Å². The number of fused-ring (bicyclic) bond motifs is 3. The van der Waals surface area contributed by atoms with Gasteiger partial charge in [-0.05, 0) is 49.5 Å². The number of rotatable bonds is 5. The number of carboxylic acids is 1. The lowest BCUT2D eigenvalue weighted by Crippen LogP contribution is -2.53. The van der Waals surface area contributed by atoms with Gasteiger partial charge in [0.05, 0.1) is 30.2 Å². The Hall–Kier alpha value is -3.00. The van der Waals surface area contributed by atoms with E-state index >= 15 is 0 Å². The van der Waals surface area contributed by atoms with Gasteiger partial charge in [0.25, 0.3) is 0 Å². The summed E-state index contributed by atoms with van der Waals surface area (Å²) in [5.41, 5.74) is 1.14. The Morgan fingerprint density at radius 1 is 1.21 bits per heavy atom. The molecule has 4 heterocycles. The van der Waals surface area contributed by atoms with Crippen molar-refractivity contribution in [1.82, 2.24) is 9.88 Å². The minimum absolute atomic E-state index is 0.116. The summed E-state index contributed by atoms with van der Waals surface area (Å²) in [6.45, 7) is 2.91. The molecule has 1 aromatic heterocycles. The second kappa shape index (κ2) is 8.16. The van der Waals surface area contributed by atoms with Gasteiger partial charge < -0.3 is 9.84 Å². The van der Waals surface area contributed by atoms with E-state index in [2.05, 4.69) is 9.88 Å². The molecule has 1 aromatic carbocycles. The summed E-state index contributed by atoms with van der Waals surface area (Å²) >= 11 is 0. The molecule has 0 saturated carbocycles. The van der Waals surface area contributed by atoms with E-state index in [0.29, 0.717) is 17.2 Å². The second-order valence-corrected chi connectivity index (χ2v) is 7.51. The highest BCUT2D eigenvalue weighted by molar-refractivity contribution is 5.88. The number of hydrogen-bond donors (Lipinski definition) is 1. The van der Waals surface area contributed by atoms with Gasteiger partial charge in [0.15, 0.2) is 0 Å². The number of aromatic carboxylic acids is 1. The standard InChI is InChI=1S/C21H22FN3O4/c22-17-9-18(11-23-10-17)25(12-14-1-3-16(4-2-14)20(26)27)21(28)29-19-13-24-7-5-15(19)6-8-24/h1-4,9-11,15,19H,5-8,12-13H2,(H,26,27)/t19-/m0/s1. The molecule has 7 nitrogen and oxygen atoms in total. The molecular weight excluding hydrogens is 377 g/mol. The Morgan fingerprint density at radius 3 is 2.52 bits per heavy atom. The number of carbonyl (C=O) groups is 2. The van der Waals surface area contributed by atoms with Crippen LogP contribution in [0.4, 0.5) is 14.9 Å². The van der Waals surface area contributed by atoms with Crippen molar-refractivity contribution in [2.45, 2.75) is 25.5 Å². The quantitative estimate of drug-likeness (QED) is 0.832. The van der Waals surface area contributed by atoms with Crippen molar-refractivity contribution < 1.29 is 23.8 Å². The zero-order valence-electron chi connectivity index (χ0n) is 15.8. The molecule has 5 rings (SSSR count). The normalized spacial score (nSPS) is 22.9. The lowest BCUT2D eigenvalue weighted by molar-refractivity contribution is -0.0311. The number of amides is 1. The third kappa shape index (κ3) is 4.37. The van der Waals surface area contributed by atoms with Crippen molar-refractivity contribution >= 4 is 17.7 Å². The first-order valence-corrected chi connectivity index (χ1v) is 9.63. The van der Waals surface area contributed by atoms with E-state index in [1.807, 2.05) is 0 Å². The van der Waals surface area contributed by atoms with Crippen molar-refractivity contribution in [2.24, 2.45) is 5.92 Å². The summed E-state index contributed by atoms with van der Waals surface area (Å²) in [7, 11) is 0. The molecule has 2 aromatic rings. The molecule has 0 aliphatic carbocycles. The summed E-state index contributed by atoms with van der Waals surface area (Å²) < 4.78 is 19.6. The van der Waals surface area contributed by atoms with Crippen LogP contribution in [0.2, 0.25) is 0 Å². The SMILES string of the molecule is O=C(O)c1ccc(CN(C(=O)O[C@H]2CN3CCC2CC3)c2cncc(F)c2)cc1. The van der Waals surface area contributed by atoms with Gasteiger partial charge in [-0.2, -0.15) is 0 Å². The van der Waals surface area contributed by atoms with Crippen molar-refractivity contribution in [2.75, 3.05) is 24.5 Å². The Bertz CT molecular complexity index is 897. The van der Waals surface area contributed by atoms with Crippen LogP contribution < -0.4 is 4.90 Å². The number of carboxylic acid groups (broad SMARTS) is 1. The van der Waals surface area contributed by atoms with Gasteiger partial charge in [-0.3, -0.25) is 14.8 Å². The molecule has 1 N–H and O–H groups in total. The number of ether oxygens (including phenoxy) is 1. The molecule has 0 unspecified atom stereocenters. The lowest BCUT2D eigenvalue weighted by Gasteiger charge is -2.44. The van der Waals surface area contributed by atoms with Crippen molar-refractivity contribution in [1.29, 1.82) is 0 Å². The fourth-order valence-corrected chi connectivity index (χ4v) is 3.98. The van der Waals surface area contributed by atoms with Crippen LogP contribution in [-0.2, 0) is 11.3 Å². The molecular formula is C21H22FN3O4. The molecule has 3 aliphatic rings. The van der Waals surface area contributed by atoms with Crippen molar-refractivity contribution in [3.05, 3.63) is 59.7 Å². The summed E-state index contributed by atoms with van der Waals surface area (Å²) in [5.74, 6) is -1.22. The highest BCUT2D eigenvalue weighted by atomic mass is 19.1. The Labute approximate surface area is 167 Å². The first kappa shape index (κ1) is 19.3. The van der Waals surface area contributed by atoms with Crippen molar-refractivity contribution in [3.63, 3.8) is 0 Å². The number of pyridine rings is 1. The van der Waals surface area contributed by atoms with Gasteiger partial charge in [-0.25, -0.2) is 14.0 Å². The molecule has 152 valence electrons. The second-order valence-electron chi connectivity index (χ2n) is 7.51. The zero-order chi connectivity index (χ0) is 20.4. The van der Waals surface area contributed by atoms with Gasteiger partial charge in [-0.15, -0.1) is 0 Å². The fraction of sp³-hybridized carbons (Fsp3) is 0.381. The van der Waals surface area contributed by atoms with E-state index < -0.39 is 17.9 Å². The minimum Gasteiger partial charge on any atom is -0.478 e. The third-order valence-corrected chi connectivity index (χ3v) is 5.61.